The van der Waals surface area contributed by atoms with Gasteiger partial charge in [0.15, 0.2) is 0 Å². The molecule has 1 aromatic carbocycles. The van der Waals surface area contributed by atoms with Crippen molar-refractivity contribution in [1.82, 2.24) is 24.9 Å². The number of aryl methyl sites for hydroxylation is 1. The topological polar surface area (TPSA) is 36.3 Å². The monoisotopic (exact) mass is 365 g/mol. The van der Waals surface area contributed by atoms with Crippen LogP contribution in [0, 0.1) is 0 Å². The van der Waals surface area contributed by atoms with Crippen LogP contribution in [0.5, 0.6) is 0 Å². The van der Waals surface area contributed by atoms with Gasteiger partial charge in [0, 0.05) is 51.9 Å². The molecule has 0 radical (unpaired) electrons. The third kappa shape index (κ3) is 3.82. The van der Waals surface area contributed by atoms with Crippen molar-refractivity contribution in [3.8, 4) is 0 Å². The third-order valence-corrected chi connectivity index (χ3v) is 6.56. The van der Waals surface area contributed by atoms with Gasteiger partial charge in [-0.1, -0.05) is 24.3 Å². The molecule has 3 aliphatic rings. The fourth-order valence-electron chi connectivity index (χ4n) is 5.00. The average Bonchev–Trinajstić information content (AvgIpc) is 2.96. The predicted octanol–water partition coefficient (Wildman–Crippen LogP) is 2.40. The van der Waals surface area contributed by atoms with E-state index >= 15 is 0 Å². The molecule has 4 heterocycles. The lowest BCUT2D eigenvalue weighted by atomic mass is 9.95. The molecule has 5 nitrogen and oxygen atoms in total. The number of aromatic nitrogens is 2. The van der Waals surface area contributed by atoms with Crippen LogP contribution >= 0.6 is 0 Å². The van der Waals surface area contributed by atoms with Gasteiger partial charge in [-0.05, 0) is 49.4 Å². The Morgan fingerprint density at radius 2 is 1.89 bits per heavy atom. The van der Waals surface area contributed by atoms with E-state index in [0.29, 0.717) is 0 Å². The number of hydrogen-bond acceptors (Lipinski definition) is 4. The number of hydrogen-bond donors (Lipinski definition) is 1. The molecule has 1 saturated heterocycles. The number of rotatable bonds is 3. The summed E-state index contributed by atoms with van der Waals surface area (Å²) in [5, 5.41) is 8.35. The maximum absolute atomic E-state index is 4.86. The first kappa shape index (κ1) is 17.4. The molecule has 5 rings (SSSR count). The zero-order valence-corrected chi connectivity index (χ0v) is 16.2. The molecule has 1 aromatic heterocycles. The summed E-state index contributed by atoms with van der Waals surface area (Å²) in [6.07, 6.45) is 4.97. The summed E-state index contributed by atoms with van der Waals surface area (Å²) in [5.74, 6) is 0. The summed E-state index contributed by atoms with van der Waals surface area (Å²) in [6.45, 7) is 8.89. The summed E-state index contributed by atoms with van der Waals surface area (Å²) in [4.78, 5) is 5.33. The minimum Gasteiger partial charge on any atom is -0.311 e. The van der Waals surface area contributed by atoms with Crippen LogP contribution in [0.25, 0.3) is 0 Å². The van der Waals surface area contributed by atoms with Crippen LogP contribution in [0.2, 0.25) is 0 Å². The number of piperidine rings is 1. The molecule has 0 unspecified atom stereocenters. The Labute approximate surface area is 162 Å². The molecule has 0 spiro atoms. The molecule has 0 bridgehead atoms. The normalized spacial score (nSPS) is 22.2. The molecule has 5 heteroatoms. The van der Waals surface area contributed by atoms with Crippen LogP contribution in [-0.4, -0.2) is 51.8 Å². The van der Waals surface area contributed by atoms with Gasteiger partial charge in [-0.2, -0.15) is 5.10 Å². The van der Waals surface area contributed by atoms with Crippen LogP contribution in [0.4, 0.5) is 0 Å². The van der Waals surface area contributed by atoms with Gasteiger partial charge in [-0.15, -0.1) is 0 Å². The van der Waals surface area contributed by atoms with Crippen molar-refractivity contribution in [2.24, 2.45) is 0 Å². The zero-order chi connectivity index (χ0) is 18.1. The fourth-order valence-corrected chi connectivity index (χ4v) is 5.00. The highest BCUT2D eigenvalue weighted by molar-refractivity contribution is 5.29. The number of benzene rings is 1. The van der Waals surface area contributed by atoms with Gasteiger partial charge in [-0.3, -0.25) is 14.5 Å². The van der Waals surface area contributed by atoms with Crippen molar-refractivity contribution >= 4 is 0 Å². The second-order valence-electron chi connectivity index (χ2n) is 8.38. The van der Waals surface area contributed by atoms with E-state index in [9.17, 15) is 0 Å². The van der Waals surface area contributed by atoms with Gasteiger partial charge >= 0.3 is 0 Å². The SMILES string of the molecule is c1ccc2c(c1)CCN(C1CCN(Cc3cc4n(n3)CCCNC4)CC1)C2. The summed E-state index contributed by atoms with van der Waals surface area (Å²) in [7, 11) is 0. The Hall–Kier alpha value is -1.69. The highest BCUT2D eigenvalue weighted by atomic mass is 15.3. The molecule has 3 aliphatic heterocycles. The smallest absolute Gasteiger partial charge is 0.0768 e. The second kappa shape index (κ2) is 7.74. The second-order valence-corrected chi connectivity index (χ2v) is 8.38. The van der Waals surface area contributed by atoms with Crippen LogP contribution in [0.3, 0.4) is 0 Å². The quantitative estimate of drug-likeness (QED) is 0.906. The van der Waals surface area contributed by atoms with Crippen LogP contribution in [0.1, 0.15) is 41.8 Å². The van der Waals surface area contributed by atoms with E-state index in [4.69, 9.17) is 5.10 Å². The van der Waals surface area contributed by atoms with E-state index in [1.54, 1.807) is 11.1 Å². The average molecular weight is 366 g/mol. The van der Waals surface area contributed by atoms with Gasteiger partial charge in [0.1, 0.15) is 0 Å². The molecule has 0 aliphatic carbocycles. The number of likely N-dealkylation sites (tertiary alicyclic amines) is 1. The summed E-state index contributed by atoms with van der Waals surface area (Å²) < 4.78 is 2.22. The molecule has 0 saturated carbocycles. The molecule has 27 heavy (non-hydrogen) atoms. The standard InChI is InChI=1S/C22H31N5/c1-2-5-19-16-26(13-6-18(19)4-1)21-7-11-25(12-8-21)17-20-14-22-15-23-9-3-10-27(22)24-20/h1-2,4-5,14,21,23H,3,6-13,15-17H2. The van der Waals surface area contributed by atoms with Crippen molar-refractivity contribution in [3.63, 3.8) is 0 Å². The van der Waals surface area contributed by atoms with E-state index < -0.39 is 0 Å². The largest absolute Gasteiger partial charge is 0.311 e. The van der Waals surface area contributed by atoms with Crippen LogP contribution in [-0.2, 0) is 32.6 Å². The summed E-state index contributed by atoms with van der Waals surface area (Å²) in [6, 6.07) is 12.0. The van der Waals surface area contributed by atoms with E-state index in [1.807, 2.05) is 0 Å². The van der Waals surface area contributed by atoms with Gasteiger partial charge in [0.05, 0.1) is 11.4 Å². The maximum Gasteiger partial charge on any atom is 0.0768 e. The zero-order valence-electron chi connectivity index (χ0n) is 16.2. The van der Waals surface area contributed by atoms with Crippen LogP contribution in [0.15, 0.2) is 30.3 Å². The fraction of sp³-hybridized carbons (Fsp3) is 0.591. The van der Waals surface area contributed by atoms with Crippen molar-refractivity contribution < 1.29 is 0 Å². The Morgan fingerprint density at radius 1 is 1.04 bits per heavy atom. The van der Waals surface area contributed by atoms with Crippen molar-refractivity contribution in [2.75, 3.05) is 26.2 Å². The molecule has 1 fully saturated rings. The molecular weight excluding hydrogens is 334 g/mol. The Balaban J connectivity index is 1.15. The highest BCUT2D eigenvalue weighted by Gasteiger charge is 2.27. The van der Waals surface area contributed by atoms with E-state index in [2.05, 4.69) is 50.1 Å². The Kier molecular flexibility index (Phi) is 4.99. The molecule has 0 amide bonds. The molecule has 2 aromatic rings. The van der Waals surface area contributed by atoms with E-state index in [1.165, 1.54) is 56.7 Å². The lowest BCUT2D eigenvalue weighted by molar-refractivity contribution is 0.0942. The first-order valence-electron chi connectivity index (χ1n) is 10.6. The van der Waals surface area contributed by atoms with Gasteiger partial charge in [0.25, 0.3) is 0 Å². The van der Waals surface area contributed by atoms with Gasteiger partial charge in [-0.25, -0.2) is 0 Å². The van der Waals surface area contributed by atoms with E-state index in [-0.39, 0.29) is 0 Å². The maximum atomic E-state index is 4.86. The predicted molar refractivity (Wildman–Crippen MR) is 107 cm³/mol. The minimum absolute atomic E-state index is 0.748. The summed E-state index contributed by atoms with van der Waals surface area (Å²) >= 11 is 0. The molecule has 144 valence electrons. The number of nitrogens with one attached hydrogen (secondary N) is 1. The molecule has 1 N–H and O–H groups in total. The van der Waals surface area contributed by atoms with Crippen molar-refractivity contribution in [3.05, 3.63) is 52.8 Å². The Bertz CT molecular complexity index is 751. The lowest BCUT2D eigenvalue weighted by Gasteiger charge is -2.40. The Morgan fingerprint density at radius 3 is 2.78 bits per heavy atom. The van der Waals surface area contributed by atoms with Gasteiger partial charge in [0.2, 0.25) is 0 Å². The highest BCUT2D eigenvalue weighted by Crippen LogP contribution is 2.25. The molecular formula is C22H31N5. The summed E-state index contributed by atoms with van der Waals surface area (Å²) in [5.41, 5.74) is 5.70. The van der Waals surface area contributed by atoms with Crippen LogP contribution < -0.4 is 5.32 Å². The first-order chi connectivity index (χ1) is 13.3. The third-order valence-electron chi connectivity index (χ3n) is 6.56. The minimum atomic E-state index is 0.748. The van der Waals surface area contributed by atoms with Crippen molar-refractivity contribution in [2.45, 2.75) is 57.9 Å². The lowest BCUT2D eigenvalue weighted by Crippen LogP contribution is -2.46. The number of fused-ring (bicyclic) bond motifs is 2. The number of nitrogens with zero attached hydrogens (tertiary/aromatic N) is 4. The van der Waals surface area contributed by atoms with Crippen molar-refractivity contribution in [1.29, 1.82) is 0 Å². The van der Waals surface area contributed by atoms with Gasteiger partial charge < -0.3 is 5.32 Å². The first-order valence-corrected chi connectivity index (χ1v) is 10.6. The van der Waals surface area contributed by atoms with E-state index in [0.717, 1.165) is 38.8 Å². The molecule has 0 atom stereocenters.